The summed E-state index contributed by atoms with van der Waals surface area (Å²) in [4.78, 5) is 5.75. The van der Waals surface area contributed by atoms with E-state index in [0.29, 0.717) is 12.1 Å². The van der Waals surface area contributed by atoms with Crippen LogP contribution in [-0.4, -0.2) is 34.1 Å². The van der Waals surface area contributed by atoms with Crippen LogP contribution in [0.1, 0.15) is 25.8 Å². The number of benzene rings is 1. The maximum absolute atomic E-state index is 5.52. The molecule has 3 rings (SSSR count). The molecule has 3 nitrogen and oxygen atoms in total. The molecule has 1 aromatic carbocycles. The van der Waals surface area contributed by atoms with Crippen molar-refractivity contribution in [2.75, 3.05) is 13.6 Å². The number of hydrogen-bond donors (Lipinski definition) is 1. The lowest BCUT2D eigenvalue weighted by Crippen LogP contribution is -2.38. The van der Waals surface area contributed by atoms with Gasteiger partial charge >= 0.3 is 0 Å². The molecule has 1 aliphatic rings. The van der Waals surface area contributed by atoms with Crippen LogP contribution < -0.4 is 0 Å². The van der Waals surface area contributed by atoms with Gasteiger partial charge in [-0.3, -0.25) is 0 Å². The van der Waals surface area contributed by atoms with E-state index in [1.165, 1.54) is 5.52 Å². The van der Waals surface area contributed by atoms with Gasteiger partial charge in [0.05, 0.1) is 11.0 Å². The van der Waals surface area contributed by atoms with Gasteiger partial charge in [0.25, 0.3) is 0 Å². The molecule has 0 amide bonds. The molecule has 102 valence electrons. The van der Waals surface area contributed by atoms with Gasteiger partial charge in [0.2, 0.25) is 0 Å². The van der Waals surface area contributed by atoms with Gasteiger partial charge < -0.3 is 14.5 Å². The van der Waals surface area contributed by atoms with E-state index in [-0.39, 0.29) is 0 Å². The first-order valence-electron chi connectivity index (χ1n) is 6.66. The van der Waals surface area contributed by atoms with E-state index in [0.717, 1.165) is 34.1 Å². The lowest BCUT2D eigenvalue weighted by atomic mass is 9.98. The van der Waals surface area contributed by atoms with Gasteiger partial charge in [-0.25, -0.2) is 0 Å². The van der Waals surface area contributed by atoms with E-state index in [4.69, 9.17) is 12.2 Å². The number of hydrogen-bond acceptors (Lipinski definition) is 2. The zero-order valence-corrected chi connectivity index (χ0v) is 13.6. The Bertz CT molecular complexity index is 660. The first kappa shape index (κ1) is 13.3. The fraction of sp³-hybridized carbons (Fsp3) is 0.500. The Balaban J connectivity index is 2.05. The van der Waals surface area contributed by atoms with Crippen molar-refractivity contribution in [3.05, 3.63) is 27.4 Å². The molecule has 0 bridgehead atoms. The lowest BCUT2D eigenvalue weighted by molar-refractivity contribution is 0.158. The van der Waals surface area contributed by atoms with Crippen LogP contribution in [0.25, 0.3) is 11.0 Å². The molecule has 1 saturated heterocycles. The first-order chi connectivity index (χ1) is 9.06. The lowest BCUT2D eigenvalue weighted by Gasteiger charge is -2.35. The summed E-state index contributed by atoms with van der Waals surface area (Å²) in [6.07, 6.45) is 2.33. The molecule has 19 heavy (non-hydrogen) atoms. The fourth-order valence-corrected chi connectivity index (χ4v) is 3.68. The van der Waals surface area contributed by atoms with Crippen molar-refractivity contribution in [3.8, 4) is 0 Å². The summed E-state index contributed by atoms with van der Waals surface area (Å²) in [5.41, 5.74) is 2.33. The Morgan fingerprint density at radius 1 is 1.42 bits per heavy atom. The number of rotatable bonds is 1. The highest BCUT2D eigenvalue weighted by atomic mass is 79.9. The Morgan fingerprint density at radius 3 is 2.95 bits per heavy atom. The molecule has 1 aliphatic heterocycles. The molecule has 2 unspecified atom stereocenters. The van der Waals surface area contributed by atoms with Crippen LogP contribution in [0.2, 0.25) is 0 Å². The van der Waals surface area contributed by atoms with E-state index in [2.05, 4.69) is 62.6 Å². The van der Waals surface area contributed by atoms with E-state index < -0.39 is 0 Å². The third-order valence-corrected chi connectivity index (χ3v) is 5.02. The molecule has 2 aromatic rings. The smallest absolute Gasteiger partial charge is 0.178 e. The molecule has 5 heteroatoms. The van der Waals surface area contributed by atoms with Crippen molar-refractivity contribution < 1.29 is 0 Å². The number of H-pyrrole nitrogens is 1. The molecule has 0 aliphatic carbocycles. The Morgan fingerprint density at radius 2 is 2.21 bits per heavy atom. The van der Waals surface area contributed by atoms with Crippen molar-refractivity contribution >= 4 is 39.2 Å². The van der Waals surface area contributed by atoms with Gasteiger partial charge in [0.1, 0.15) is 0 Å². The van der Waals surface area contributed by atoms with E-state index in [1.54, 1.807) is 0 Å². The average Bonchev–Trinajstić information content (AvgIpc) is 2.68. The van der Waals surface area contributed by atoms with Crippen molar-refractivity contribution in [1.29, 1.82) is 0 Å². The summed E-state index contributed by atoms with van der Waals surface area (Å²) >= 11 is 9.03. The number of nitrogens with one attached hydrogen (secondary N) is 1. The number of nitrogens with zero attached hydrogens (tertiary/aromatic N) is 2. The number of halogens is 1. The largest absolute Gasteiger partial charge is 0.331 e. The van der Waals surface area contributed by atoms with Crippen molar-refractivity contribution in [2.24, 2.45) is 0 Å². The Labute approximate surface area is 126 Å². The van der Waals surface area contributed by atoms with Crippen molar-refractivity contribution in [3.63, 3.8) is 0 Å². The maximum atomic E-state index is 5.52. The maximum Gasteiger partial charge on any atom is 0.178 e. The highest BCUT2D eigenvalue weighted by Gasteiger charge is 2.25. The van der Waals surface area contributed by atoms with Crippen LogP contribution in [0.5, 0.6) is 0 Å². The van der Waals surface area contributed by atoms with Crippen molar-refractivity contribution in [1.82, 2.24) is 14.5 Å². The number of likely N-dealkylation sites (tertiary alicyclic amines) is 1. The Kier molecular flexibility index (Phi) is 3.53. The quantitative estimate of drug-likeness (QED) is 0.790. The van der Waals surface area contributed by atoms with Gasteiger partial charge in [-0.2, -0.15) is 0 Å². The van der Waals surface area contributed by atoms with Crippen LogP contribution >= 0.6 is 28.1 Å². The van der Waals surface area contributed by atoms with Crippen LogP contribution in [0, 0.1) is 4.77 Å². The zero-order chi connectivity index (χ0) is 13.6. The molecule has 1 aromatic heterocycles. The molecule has 0 spiro atoms. The summed E-state index contributed by atoms with van der Waals surface area (Å²) < 4.78 is 4.23. The van der Waals surface area contributed by atoms with Crippen LogP contribution in [0.3, 0.4) is 0 Å². The number of aromatic amines is 1. The second kappa shape index (κ2) is 5.04. The highest BCUT2D eigenvalue weighted by Crippen LogP contribution is 2.30. The molecular weight excluding hydrogens is 322 g/mol. The zero-order valence-electron chi connectivity index (χ0n) is 11.2. The number of imidazole rings is 1. The second-order valence-electron chi connectivity index (χ2n) is 5.47. The number of piperidine rings is 1. The SMILES string of the molecule is CC1CC(n2c(=S)[nH]c3cc(Br)ccc32)CCN1C. The summed E-state index contributed by atoms with van der Waals surface area (Å²) in [5.74, 6) is 0. The van der Waals surface area contributed by atoms with Gasteiger partial charge in [-0.15, -0.1) is 0 Å². The van der Waals surface area contributed by atoms with E-state index >= 15 is 0 Å². The van der Waals surface area contributed by atoms with Gasteiger partial charge in [0.15, 0.2) is 4.77 Å². The van der Waals surface area contributed by atoms with Crippen LogP contribution in [0.15, 0.2) is 22.7 Å². The van der Waals surface area contributed by atoms with Gasteiger partial charge in [-0.05, 0) is 57.2 Å². The number of aromatic nitrogens is 2. The highest BCUT2D eigenvalue weighted by molar-refractivity contribution is 9.10. The first-order valence-corrected chi connectivity index (χ1v) is 7.86. The normalized spacial score (nSPS) is 25.0. The molecule has 0 saturated carbocycles. The summed E-state index contributed by atoms with van der Waals surface area (Å²) in [5, 5.41) is 0. The molecule has 2 heterocycles. The van der Waals surface area contributed by atoms with Crippen LogP contribution in [0.4, 0.5) is 0 Å². The summed E-state index contributed by atoms with van der Waals surface area (Å²) in [7, 11) is 2.20. The molecular formula is C14H18BrN3S. The Hall–Kier alpha value is -0.650. The van der Waals surface area contributed by atoms with Gasteiger partial charge in [0, 0.05) is 23.1 Å². The summed E-state index contributed by atoms with van der Waals surface area (Å²) in [6.45, 7) is 3.43. The van der Waals surface area contributed by atoms with E-state index in [1.807, 2.05) is 0 Å². The molecule has 1 fully saturated rings. The average molecular weight is 340 g/mol. The fourth-order valence-electron chi connectivity index (χ4n) is 2.96. The second-order valence-corrected chi connectivity index (χ2v) is 6.77. The monoisotopic (exact) mass is 339 g/mol. The molecule has 2 atom stereocenters. The molecule has 1 N–H and O–H groups in total. The third kappa shape index (κ3) is 2.39. The molecule has 0 radical (unpaired) electrons. The predicted octanol–water partition coefficient (Wildman–Crippen LogP) is 4.12. The number of fused-ring (bicyclic) bond motifs is 1. The van der Waals surface area contributed by atoms with E-state index in [9.17, 15) is 0 Å². The summed E-state index contributed by atoms with van der Waals surface area (Å²) in [6, 6.07) is 7.45. The van der Waals surface area contributed by atoms with Crippen LogP contribution in [-0.2, 0) is 0 Å². The minimum absolute atomic E-state index is 0.508. The minimum atomic E-state index is 0.508. The van der Waals surface area contributed by atoms with Gasteiger partial charge in [-0.1, -0.05) is 15.9 Å². The van der Waals surface area contributed by atoms with Crippen molar-refractivity contribution in [2.45, 2.75) is 31.8 Å². The predicted molar refractivity (Wildman–Crippen MR) is 85.2 cm³/mol. The minimum Gasteiger partial charge on any atom is -0.331 e. The topological polar surface area (TPSA) is 24.0 Å². The third-order valence-electron chi connectivity index (χ3n) is 4.22. The standard InChI is InChI=1S/C14H18BrN3S/c1-9-7-11(5-6-17(9)2)18-13-4-3-10(15)8-12(13)16-14(18)19/h3-4,8-9,11H,5-7H2,1-2H3,(H,16,19).